The quantitative estimate of drug-likeness (QED) is 0.199. The van der Waals surface area contributed by atoms with Crippen molar-refractivity contribution in [3.63, 3.8) is 0 Å². The molecule has 3 amide bonds. The maximum absolute atomic E-state index is 14.4. The summed E-state index contributed by atoms with van der Waals surface area (Å²) in [7, 11) is 0. The fraction of sp³-hybridized carbons (Fsp3) is 0.632. The molecule has 4 N–H and O–H groups in total. The van der Waals surface area contributed by atoms with Crippen molar-refractivity contribution in [1.29, 1.82) is 0 Å². The van der Waals surface area contributed by atoms with Crippen LogP contribution in [-0.4, -0.2) is 112 Å². The van der Waals surface area contributed by atoms with E-state index in [0.29, 0.717) is 32.7 Å². The number of hydrogen-bond donors (Lipinski definition) is 4. The van der Waals surface area contributed by atoms with E-state index in [9.17, 15) is 29.4 Å². The smallest absolute Gasteiger partial charge is 0.337 e. The van der Waals surface area contributed by atoms with Crippen molar-refractivity contribution in [3.8, 4) is 0 Å². The van der Waals surface area contributed by atoms with Crippen LogP contribution in [-0.2, 0) is 35.1 Å². The molecule has 2 heterocycles. The van der Waals surface area contributed by atoms with E-state index in [4.69, 9.17) is 9.47 Å². The second-order valence-corrected chi connectivity index (χ2v) is 16.9. The van der Waals surface area contributed by atoms with E-state index in [1.165, 1.54) is 23.5 Å². The van der Waals surface area contributed by atoms with Crippen molar-refractivity contribution in [2.24, 2.45) is 11.8 Å². The van der Waals surface area contributed by atoms with E-state index >= 15 is 0 Å². The summed E-state index contributed by atoms with van der Waals surface area (Å²) in [5.74, 6) is -1.30. The molecule has 0 radical (unpaired) electrons. The Morgan fingerprint density at radius 3 is 2.31 bits per heavy atom. The molecule has 0 aromatic heterocycles. The van der Waals surface area contributed by atoms with Gasteiger partial charge < -0.3 is 35.2 Å². The summed E-state index contributed by atoms with van der Waals surface area (Å²) in [4.78, 5) is 56.8. The van der Waals surface area contributed by atoms with Gasteiger partial charge in [0, 0.05) is 31.0 Å². The molecule has 3 aliphatic rings. The lowest BCUT2D eigenvalue weighted by atomic mass is 9.83. The Balaban J connectivity index is 1.41. The summed E-state index contributed by atoms with van der Waals surface area (Å²) in [5, 5.41) is 30.5. The Hall–Kier alpha value is -2.84. The van der Waals surface area contributed by atoms with Crippen molar-refractivity contribution < 1.29 is 38.9 Å². The third-order valence-corrected chi connectivity index (χ3v) is 13.1. The predicted molar refractivity (Wildman–Crippen MR) is 200 cm³/mol. The van der Waals surface area contributed by atoms with Crippen LogP contribution in [0.2, 0.25) is 0 Å². The van der Waals surface area contributed by atoms with E-state index in [-0.39, 0.29) is 29.2 Å². The number of nitrogens with one attached hydrogen (secondary N) is 2. The van der Waals surface area contributed by atoms with Gasteiger partial charge in [0.1, 0.15) is 12.1 Å². The number of benzene rings is 2. The molecule has 51 heavy (non-hydrogen) atoms. The Morgan fingerprint density at radius 2 is 1.61 bits per heavy atom. The van der Waals surface area contributed by atoms with Crippen molar-refractivity contribution >= 4 is 58.0 Å². The van der Waals surface area contributed by atoms with Gasteiger partial charge in [-0.2, -0.15) is 0 Å². The lowest BCUT2D eigenvalue weighted by Crippen LogP contribution is -2.60. The van der Waals surface area contributed by atoms with Crippen LogP contribution in [0.4, 0.5) is 0 Å². The summed E-state index contributed by atoms with van der Waals surface area (Å²) in [6.07, 6.45) is 2.20. The number of thioether (sulfide) groups is 2. The summed E-state index contributed by atoms with van der Waals surface area (Å²) in [6.45, 7) is 5.11. The Bertz CT molecular complexity index is 1470. The summed E-state index contributed by atoms with van der Waals surface area (Å²) in [5.41, 5.74) is 0.894. The molecule has 0 unspecified atom stereocenters. The first kappa shape index (κ1) is 39.4. The van der Waals surface area contributed by atoms with Gasteiger partial charge in [-0.15, -0.1) is 23.5 Å². The minimum atomic E-state index is -1.62. The SMILES string of the molecule is CC(C)OC(=O)[C@H](O)[C@H](CC1CCCCC1)NC(=O)[C@H](NC(=O)[C@@H](CC(=O)N1CCOCC1)Cc1cccc2ccccc12)[C@H](O)C1SCCS1. The molecular weight excluding hydrogens is 691 g/mol. The molecule has 13 heteroatoms. The number of ether oxygens (including phenoxy) is 2. The van der Waals surface area contributed by atoms with Crippen molar-refractivity contribution in [2.45, 2.75) is 100 Å². The standard InChI is InChI=1S/C38H53N3O8S2/c1-24(2)49-37(47)33(43)30(21-25-9-4-3-5-10-25)39-36(46)32(34(44)38-50-19-20-51-38)40-35(45)28(23-31(42)41-15-17-48-18-16-41)22-27-13-8-12-26-11-6-7-14-29(26)27/h6-8,11-14,24-25,28,30,32-34,38,43-44H,3-5,9-10,15-23H2,1-2H3,(H,39,46)(H,40,45)/t28-,30+,32-,33-,34+/m1/s1. The first-order valence-electron chi connectivity index (χ1n) is 18.3. The zero-order valence-corrected chi connectivity index (χ0v) is 31.3. The van der Waals surface area contributed by atoms with E-state index < -0.39 is 54.1 Å². The Labute approximate surface area is 309 Å². The number of carbonyl (C=O) groups excluding carboxylic acids is 4. The predicted octanol–water partition coefficient (Wildman–Crippen LogP) is 3.67. The van der Waals surface area contributed by atoms with Gasteiger partial charge in [-0.05, 0) is 48.9 Å². The molecule has 2 aromatic rings. The van der Waals surface area contributed by atoms with E-state index in [2.05, 4.69) is 10.6 Å². The van der Waals surface area contributed by atoms with Crippen molar-refractivity contribution in [2.75, 3.05) is 37.8 Å². The molecule has 0 bridgehead atoms. The molecule has 280 valence electrons. The fourth-order valence-electron chi connectivity index (χ4n) is 7.24. The number of aliphatic hydroxyl groups excluding tert-OH is 2. The van der Waals surface area contributed by atoms with Crippen LogP contribution >= 0.6 is 23.5 Å². The third-order valence-electron chi connectivity index (χ3n) is 9.96. The topological polar surface area (TPSA) is 154 Å². The van der Waals surface area contributed by atoms with Crippen LogP contribution in [0.3, 0.4) is 0 Å². The van der Waals surface area contributed by atoms with Crippen molar-refractivity contribution in [1.82, 2.24) is 15.5 Å². The van der Waals surface area contributed by atoms with Crippen LogP contribution in [0.15, 0.2) is 42.5 Å². The number of aliphatic hydroxyl groups is 2. The summed E-state index contributed by atoms with van der Waals surface area (Å²) >= 11 is 3.03. The van der Waals surface area contributed by atoms with Crippen LogP contribution < -0.4 is 10.6 Å². The highest BCUT2D eigenvalue weighted by Crippen LogP contribution is 2.36. The number of esters is 1. The van der Waals surface area contributed by atoms with Gasteiger partial charge in [0.05, 0.1) is 35.9 Å². The van der Waals surface area contributed by atoms with Crippen LogP contribution in [0.25, 0.3) is 10.8 Å². The lowest BCUT2D eigenvalue weighted by Gasteiger charge is -2.33. The van der Waals surface area contributed by atoms with Gasteiger partial charge in [-0.25, -0.2) is 4.79 Å². The van der Waals surface area contributed by atoms with Gasteiger partial charge in [0.25, 0.3) is 0 Å². The summed E-state index contributed by atoms with van der Waals surface area (Å²) in [6, 6.07) is 11.4. The zero-order chi connectivity index (χ0) is 36.3. The van der Waals surface area contributed by atoms with Crippen molar-refractivity contribution in [3.05, 3.63) is 48.0 Å². The number of fused-ring (bicyclic) bond motifs is 1. The monoisotopic (exact) mass is 743 g/mol. The maximum Gasteiger partial charge on any atom is 0.337 e. The average Bonchev–Trinajstić information content (AvgIpc) is 3.68. The average molecular weight is 744 g/mol. The first-order valence-corrected chi connectivity index (χ1v) is 20.4. The van der Waals surface area contributed by atoms with Crippen LogP contribution in [0, 0.1) is 11.8 Å². The number of carbonyl (C=O) groups is 4. The molecule has 5 atom stereocenters. The largest absolute Gasteiger partial charge is 0.461 e. The van der Waals surface area contributed by atoms with Crippen LogP contribution in [0.5, 0.6) is 0 Å². The van der Waals surface area contributed by atoms with Gasteiger partial charge in [0.15, 0.2) is 6.10 Å². The van der Waals surface area contributed by atoms with E-state index in [1.54, 1.807) is 18.7 Å². The first-order chi connectivity index (χ1) is 24.6. The molecule has 2 aromatic carbocycles. The Kier molecular flexibility index (Phi) is 14.9. The molecule has 3 fully saturated rings. The lowest BCUT2D eigenvalue weighted by molar-refractivity contribution is -0.159. The van der Waals surface area contributed by atoms with Crippen LogP contribution in [0.1, 0.15) is 64.4 Å². The normalized spacial score (nSPS) is 20.4. The zero-order valence-electron chi connectivity index (χ0n) is 29.7. The highest BCUT2D eigenvalue weighted by Gasteiger charge is 2.41. The molecular formula is C38H53N3O8S2. The van der Waals surface area contributed by atoms with Gasteiger partial charge in [0.2, 0.25) is 17.7 Å². The van der Waals surface area contributed by atoms with Gasteiger partial charge in [-0.3, -0.25) is 14.4 Å². The number of nitrogens with zero attached hydrogens (tertiary/aromatic N) is 1. The minimum Gasteiger partial charge on any atom is -0.461 e. The summed E-state index contributed by atoms with van der Waals surface area (Å²) < 4.78 is 10.4. The second-order valence-electron chi connectivity index (χ2n) is 14.1. The fourth-order valence-corrected chi connectivity index (χ4v) is 10.1. The molecule has 2 aliphatic heterocycles. The molecule has 2 saturated heterocycles. The van der Waals surface area contributed by atoms with E-state index in [0.717, 1.165) is 59.9 Å². The van der Waals surface area contributed by atoms with E-state index in [1.807, 2.05) is 42.5 Å². The second kappa shape index (κ2) is 19.3. The molecule has 1 saturated carbocycles. The number of morpholine rings is 1. The molecule has 1 aliphatic carbocycles. The third kappa shape index (κ3) is 11.1. The number of hydrogen-bond acceptors (Lipinski definition) is 10. The van der Waals surface area contributed by atoms with Gasteiger partial charge >= 0.3 is 5.97 Å². The minimum absolute atomic E-state index is 0.0868. The highest BCUT2D eigenvalue weighted by molar-refractivity contribution is 8.20. The molecule has 11 nitrogen and oxygen atoms in total. The molecule has 5 rings (SSSR count). The Morgan fingerprint density at radius 1 is 0.922 bits per heavy atom. The maximum atomic E-state index is 14.4. The van der Waals surface area contributed by atoms with Gasteiger partial charge in [-0.1, -0.05) is 74.6 Å². The number of rotatable bonds is 15. The number of amides is 3. The highest BCUT2D eigenvalue weighted by atomic mass is 32.2. The molecule has 0 spiro atoms.